The Bertz CT molecular complexity index is 141. The van der Waals surface area contributed by atoms with E-state index in [0.717, 1.165) is 6.54 Å². The number of ether oxygens (including phenoxy) is 1. The predicted octanol–water partition coefficient (Wildman–Crippen LogP) is -1.33. The maximum absolute atomic E-state index is 11.1. The lowest BCUT2D eigenvalue weighted by Gasteiger charge is -2.14. The molecule has 0 bridgehead atoms. The number of amides is 1. The van der Waals surface area contributed by atoms with E-state index in [4.69, 9.17) is 9.84 Å². The van der Waals surface area contributed by atoms with Gasteiger partial charge in [0.2, 0.25) is 5.91 Å². The van der Waals surface area contributed by atoms with Crippen LogP contribution in [-0.4, -0.2) is 62.9 Å². The highest BCUT2D eigenvalue weighted by molar-refractivity contribution is 5.77. The smallest absolute Gasteiger partial charge is 0.234 e. The summed E-state index contributed by atoms with van der Waals surface area (Å²) in [5.41, 5.74) is 0. The molecule has 2 N–H and O–H groups in total. The highest BCUT2D eigenvalue weighted by atomic mass is 16.5. The third-order valence-corrected chi connectivity index (χ3v) is 1.52. The highest BCUT2D eigenvalue weighted by Crippen LogP contribution is 1.81. The number of hydrogen-bond acceptors (Lipinski definition) is 4. The number of carbonyl (C=O) groups is 1. The molecule has 0 atom stereocenters. The van der Waals surface area contributed by atoms with Crippen LogP contribution in [0.2, 0.25) is 0 Å². The van der Waals surface area contributed by atoms with Gasteiger partial charge in [-0.3, -0.25) is 9.69 Å². The standard InChI is InChI=1S/C8H18N2O3/c1-10(4-6-13-2)7-8(12)9-3-5-11/h11H,3-7H2,1-2H3,(H,9,12). The zero-order chi connectivity index (χ0) is 10.1. The Morgan fingerprint density at radius 3 is 2.85 bits per heavy atom. The summed E-state index contributed by atoms with van der Waals surface area (Å²) in [5, 5.41) is 11.0. The minimum absolute atomic E-state index is 0.0203. The van der Waals surface area contributed by atoms with Crippen molar-refractivity contribution in [2.24, 2.45) is 0 Å². The normalized spacial score (nSPS) is 10.5. The third-order valence-electron chi connectivity index (χ3n) is 1.52. The molecule has 5 heteroatoms. The topological polar surface area (TPSA) is 61.8 Å². The van der Waals surface area contributed by atoms with Crippen molar-refractivity contribution in [3.05, 3.63) is 0 Å². The Labute approximate surface area is 78.7 Å². The molecule has 0 saturated heterocycles. The van der Waals surface area contributed by atoms with Crippen molar-refractivity contribution in [1.29, 1.82) is 0 Å². The molecule has 0 unspecified atom stereocenters. The van der Waals surface area contributed by atoms with Crippen LogP contribution in [0.3, 0.4) is 0 Å². The molecule has 78 valence electrons. The van der Waals surface area contributed by atoms with Gasteiger partial charge in [0.25, 0.3) is 0 Å². The fourth-order valence-electron chi connectivity index (χ4n) is 0.823. The average molecular weight is 190 g/mol. The maximum Gasteiger partial charge on any atom is 0.234 e. The van der Waals surface area contributed by atoms with Crippen molar-refractivity contribution in [2.75, 3.05) is 47.0 Å². The number of hydrogen-bond donors (Lipinski definition) is 2. The fourth-order valence-corrected chi connectivity index (χ4v) is 0.823. The van der Waals surface area contributed by atoms with Gasteiger partial charge in [-0.05, 0) is 7.05 Å². The van der Waals surface area contributed by atoms with E-state index in [0.29, 0.717) is 19.7 Å². The quantitative estimate of drug-likeness (QED) is 0.522. The van der Waals surface area contributed by atoms with Crippen molar-refractivity contribution in [3.63, 3.8) is 0 Å². The number of likely N-dealkylation sites (N-methyl/N-ethyl adjacent to an activating group) is 1. The summed E-state index contributed by atoms with van der Waals surface area (Å²) in [5.74, 6) is -0.0762. The fraction of sp³-hybridized carbons (Fsp3) is 0.875. The molecule has 0 aromatic carbocycles. The largest absolute Gasteiger partial charge is 0.395 e. The van der Waals surface area contributed by atoms with E-state index in [2.05, 4.69) is 5.32 Å². The van der Waals surface area contributed by atoms with Crippen molar-refractivity contribution >= 4 is 5.91 Å². The molecule has 0 heterocycles. The van der Waals surface area contributed by atoms with E-state index in [1.165, 1.54) is 0 Å². The van der Waals surface area contributed by atoms with Crippen LogP contribution in [0.1, 0.15) is 0 Å². The zero-order valence-corrected chi connectivity index (χ0v) is 8.25. The van der Waals surface area contributed by atoms with Crippen molar-refractivity contribution in [2.45, 2.75) is 0 Å². The Morgan fingerprint density at radius 1 is 1.62 bits per heavy atom. The van der Waals surface area contributed by atoms with E-state index in [-0.39, 0.29) is 12.5 Å². The third kappa shape index (κ3) is 7.70. The van der Waals surface area contributed by atoms with Gasteiger partial charge in [-0.25, -0.2) is 0 Å². The van der Waals surface area contributed by atoms with Gasteiger partial charge < -0.3 is 15.2 Å². The summed E-state index contributed by atoms with van der Waals surface area (Å²) in [7, 11) is 3.47. The molecule has 0 aliphatic heterocycles. The van der Waals surface area contributed by atoms with Gasteiger partial charge in [-0.1, -0.05) is 0 Å². The van der Waals surface area contributed by atoms with Gasteiger partial charge in [0.15, 0.2) is 0 Å². The monoisotopic (exact) mass is 190 g/mol. The van der Waals surface area contributed by atoms with Crippen LogP contribution >= 0.6 is 0 Å². The van der Waals surface area contributed by atoms with Gasteiger partial charge in [0.05, 0.1) is 19.8 Å². The van der Waals surface area contributed by atoms with Crippen LogP contribution in [0.25, 0.3) is 0 Å². The second-order valence-corrected chi connectivity index (χ2v) is 2.80. The van der Waals surface area contributed by atoms with Crippen molar-refractivity contribution in [1.82, 2.24) is 10.2 Å². The molecule has 1 amide bonds. The van der Waals surface area contributed by atoms with E-state index in [1.807, 2.05) is 11.9 Å². The molecule has 5 nitrogen and oxygen atoms in total. The van der Waals surface area contributed by atoms with E-state index >= 15 is 0 Å². The Hall–Kier alpha value is -0.650. The molecule has 13 heavy (non-hydrogen) atoms. The number of methoxy groups -OCH3 is 1. The molecule has 0 aliphatic rings. The maximum atomic E-state index is 11.1. The van der Waals surface area contributed by atoms with E-state index in [1.54, 1.807) is 7.11 Å². The molecule has 0 spiro atoms. The van der Waals surface area contributed by atoms with Crippen LogP contribution < -0.4 is 5.32 Å². The predicted molar refractivity (Wildman–Crippen MR) is 49.5 cm³/mol. The molecule has 0 radical (unpaired) electrons. The molecule has 0 aromatic rings. The van der Waals surface area contributed by atoms with Gasteiger partial charge in [-0.15, -0.1) is 0 Å². The summed E-state index contributed by atoms with van der Waals surface area (Å²) >= 11 is 0. The van der Waals surface area contributed by atoms with Crippen LogP contribution in [0, 0.1) is 0 Å². The number of rotatable bonds is 7. The second kappa shape index (κ2) is 7.97. The van der Waals surface area contributed by atoms with Crippen LogP contribution in [-0.2, 0) is 9.53 Å². The molecule has 0 fully saturated rings. The molecular weight excluding hydrogens is 172 g/mol. The second-order valence-electron chi connectivity index (χ2n) is 2.80. The number of carbonyl (C=O) groups excluding carboxylic acids is 1. The molecular formula is C8H18N2O3. The zero-order valence-electron chi connectivity index (χ0n) is 8.25. The summed E-state index contributed by atoms with van der Waals surface area (Å²) < 4.78 is 4.86. The van der Waals surface area contributed by atoms with Crippen LogP contribution in [0.4, 0.5) is 0 Å². The summed E-state index contributed by atoms with van der Waals surface area (Å²) in [6.07, 6.45) is 0. The minimum Gasteiger partial charge on any atom is -0.395 e. The van der Waals surface area contributed by atoms with E-state index in [9.17, 15) is 4.79 Å². The van der Waals surface area contributed by atoms with Crippen LogP contribution in [0.5, 0.6) is 0 Å². The van der Waals surface area contributed by atoms with Gasteiger partial charge in [0, 0.05) is 20.2 Å². The minimum atomic E-state index is -0.0762. The number of aliphatic hydroxyl groups is 1. The Balaban J connectivity index is 3.41. The van der Waals surface area contributed by atoms with Crippen LogP contribution in [0.15, 0.2) is 0 Å². The van der Waals surface area contributed by atoms with Gasteiger partial charge in [0.1, 0.15) is 0 Å². The summed E-state index contributed by atoms with van der Waals surface area (Å²) in [6, 6.07) is 0. The number of nitrogens with one attached hydrogen (secondary N) is 1. The summed E-state index contributed by atoms with van der Waals surface area (Å²) in [4.78, 5) is 12.9. The first-order chi connectivity index (χ1) is 6.20. The lowest BCUT2D eigenvalue weighted by Crippen LogP contribution is -2.37. The number of nitrogens with zero attached hydrogens (tertiary/aromatic N) is 1. The van der Waals surface area contributed by atoms with Gasteiger partial charge >= 0.3 is 0 Å². The Kier molecular flexibility index (Phi) is 7.57. The van der Waals surface area contributed by atoms with Crippen molar-refractivity contribution in [3.8, 4) is 0 Å². The lowest BCUT2D eigenvalue weighted by molar-refractivity contribution is -0.122. The van der Waals surface area contributed by atoms with Crippen molar-refractivity contribution < 1.29 is 14.6 Å². The summed E-state index contributed by atoms with van der Waals surface area (Å²) in [6.45, 7) is 1.97. The SMILES string of the molecule is COCCN(C)CC(=O)NCCO. The van der Waals surface area contributed by atoms with Gasteiger partial charge in [-0.2, -0.15) is 0 Å². The Morgan fingerprint density at radius 2 is 2.31 bits per heavy atom. The number of aliphatic hydroxyl groups excluding tert-OH is 1. The molecule has 0 saturated carbocycles. The highest BCUT2D eigenvalue weighted by Gasteiger charge is 2.04. The first-order valence-corrected chi connectivity index (χ1v) is 4.25. The lowest BCUT2D eigenvalue weighted by atomic mass is 10.5. The first kappa shape index (κ1) is 12.3. The average Bonchev–Trinajstić information content (AvgIpc) is 2.11. The molecule has 0 aromatic heterocycles. The molecule has 0 rings (SSSR count). The van der Waals surface area contributed by atoms with E-state index < -0.39 is 0 Å². The first-order valence-electron chi connectivity index (χ1n) is 4.25. The molecule has 0 aliphatic carbocycles.